The summed E-state index contributed by atoms with van der Waals surface area (Å²) in [4.78, 5) is 12.4. The summed E-state index contributed by atoms with van der Waals surface area (Å²) >= 11 is 0. The highest BCUT2D eigenvalue weighted by atomic mass is 16.1. The van der Waals surface area contributed by atoms with Gasteiger partial charge in [-0.1, -0.05) is 32.1 Å². The lowest BCUT2D eigenvalue weighted by Gasteiger charge is -2.18. The summed E-state index contributed by atoms with van der Waals surface area (Å²) in [5, 5.41) is 4.19. The van der Waals surface area contributed by atoms with Gasteiger partial charge in [0.2, 0.25) is 0 Å². The molecule has 0 atom stereocenters. The Hall–Kier alpha value is -1.12. The molecular weight excluding hydrogens is 212 g/mol. The molecule has 0 spiro atoms. The number of nitrogens with zero attached hydrogens (tertiary/aromatic N) is 2. The summed E-state index contributed by atoms with van der Waals surface area (Å²) in [5.41, 5.74) is 0.804. The number of rotatable bonds is 3. The molecule has 17 heavy (non-hydrogen) atoms. The van der Waals surface area contributed by atoms with E-state index in [0.29, 0.717) is 5.78 Å². The van der Waals surface area contributed by atoms with Crippen molar-refractivity contribution in [1.82, 2.24) is 9.78 Å². The molecule has 1 aromatic rings. The topological polar surface area (TPSA) is 34.9 Å². The van der Waals surface area contributed by atoms with Crippen LogP contribution in [0.4, 0.5) is 0 Å². The molecule has 3 nitrogen and oxygen atoms in total. The van der Waals surface area contributed by atoms with Gasteiger partial charge in [-0.25, -0.2) is 0 Å². The Morgan fingerprint density at radius 3 is 2.59 bits per heavy atom. The average Bonchev–Trinajstić information content (AvgIpc) is 2.75. The van der Waals surface area contributed by atoms with Crippen LogP contribution >= 0.6 is 0 Å². The summed E-state index contributed by atoms with van der Waals surface area (Å²) in [6, 6.07) is 1.87. The third kappa shape index (κ3) is 2.96. The van der Waals surface area contributed by atoms with Crippen molar-refractivity contribution in [3.63, 3.8) is 0 Å². The van der Waals surface area contributed by atoms with E-state index >= 15 is 0 Å². The predicted molar refractivity (Wildman–Crippen MR) is 68.0 cm³/mol. The normalized spacial score (nSPS) is 18.6. The molecule has 0 N–H and O–H groups in total. The number of carbonyl (C=O) groups is 1. The first-order chi connectivity index (χ1) is 8.33. The second-order valence-electron chi connectivity index (χ2n) is 4.94. The zero-order valence-corrected chi connectivity index (χ0v) is 10.7. The fourth-order valence-corrected chi connectivity index (χ4v) is 2.72. The predicted octanol–water partition coefficient (Wildman–Crippen LogP) is 3.45. The molecule has 1 saturated carbocycles. The standard InChI is InChI=1S/C14H22N2O/c1-2-16-13(10-11-15-16)14(17)12-8-6-4-3-5-7-9-12/h10-12H,2-9H2,1H3. The highest BCUT2D eigenvalue weighted by Gasteiger charge is 2.23. The molecule has 1 fully saturated rings. The van der Waals surface area contributed by atoms with Gasteiger partial charge in [-0.3, -0.25) is 9.48 Å². The van der Waals surface area contributed by atoms with Crippen LogP contribution < -0.4 is 0 Å². The van der Waals surface area contributed by atoms with Gasteiger partial charge < -0.3 is 0 Å². The van der Waals surface area contributed by atoms with E-state index in [2.05, 4.69) is 5.10 Å². The first kappa shape index (κ1) is 12.3. The second-order valence-corrected chi connectivity index (χ2v) is 4.94. The molecule has 1 aliphatic rings. The Balaban J connectivity index is 2.07. The Morgan fingerprint density at radius 1 is 1.29 bits per heavy atom. The summed E-state index contributed by atoms with van der Waals surface area (Å²) in [6.45, 7) is 2.81. The zero-order chi connectivity index (χ0) is 12.1. The monoisotopic (exact) mass is 234 g/mol. The quantitative estimate of drug-likeness (QED) is 0.751. The molecule has 3 heteroatoms. The van der Waals surface area contributed by atoms with Crippen LogP contribution in [0.2, 0.25) is 0 Å². The van der Waals surface area contributed by atoms with Crippen LogP contribution in [0.3, 0.4) is 0 Å². The minimum atomic E-state index is 0.234. The van der Waals surface area contributed by atoms with Crippen molar-refractivity contribution in [2.75, 3.05) is 0 Å². The number of hydrogen-bond donors (Lipinski definition) is 0. The van der Waals surface area contributed by atoms with Crippen LogP contribution in [0.1, 0.15) is 62.4 Å². The molecule has 94 valence electrons. The van der Waals surface area contributed by atoms with E-state index in [1.165, 1.54) is 32.1 Å². The second kappa shape index (κ2) is 5.99. The minimum Gasteiger partial charge on any atom is -0.292 e. The highest BCUT2D eigenvalue weighted by Crippen LogP contribution is 2.25. The first-order valence-electron chi connectivity index (χ1n) is 6.89. The molecule has 0 saturated heterocycles. The summed E-state index contributed by atoms with van der Waals surface area (Å²) in [6.07, 6.45) is 10.2. The van der Waals surface area contributed by atoms with Crippen molar-refractivity contribution >= 4 is 5.78 Å². The van der Waals surface area contributed by atoms with E-state index < -0.39 is 0 Å². The van der Waals surface area contributed by atoms with E-state index in [4.69, 9.17) is 0 Å². The molecule has 0 aromatic carbocycles. The highest BCUT2D eigenvalue weighted by molar-refractivity contribution is 5.96. The molecule has 1 aromatic heterocycles. The smallest absolute Gasteiger partial charge is 0.183 e. The van der Waals surface area contributed by atoms with Crippen molar-refractivity contribution in [2.24, 2.45) is 5.92 Å². The van der Waals surface area contributed by atoms with Crippen LogP contribution in [0.15, 0.2) is 12.3 Å². The van der Waals surface area contributed by atoms with Gasteiger partial charge in [0.15, 0.2) is 5.78 Å². The average molecular weight is 234 g/mol. The van der Waals surface area contributed by atoms with E-state index in [-0.39, 0.29) is 5.92 Å². The number of ketones is 1. The lowest BCUT2D eigenvalue weighted by Crippen LogP contribution is -2.20. The molecule has 0 aliphatic heterocycles. The van der Waals surface area contributed by atoms with Gasteiger partial charge in [0.25, 0.3) is 0 Å². The van der Waals surface area contributed by atoms with Crippen molar-refractivity contribution in [3.05, 3.63) is 18.0 Å². The zero-order valence-electron chi connectivity index (χ0n) is 10.7. The Bertz CT molecular complexity index is 362. The van der Waals surface area contributed by atoms with Gasteiger partial charge >= 0.3 is 0 Å². The molecule has 0 unspecified atom stereocenters. The summed E-state index contributed by atoms with van der Waals surface area (Å²) in [5.74, 6) is 0.545. The molecule has 1 heterocycles. The Morgan fingerprint density at radius 2 is 1.94 bits per heavy atom. The third-order valence-electron chi connectivity index (χ3n) is 3.74. The lowest BCUT2D eigenvalue weighted by atomic mass is 9.87. The number of hydrogen-bond acceptors (Lipinski definition) is 2. The number of carbonyl (C=O) groups excluding carboxylic acids is 1. The fraction of sp³-hybridized carbons (Fsp3) is 0.714. The van der Waals surface area contributed by atoms with Crippen LogP contribution in [0.5, 0.6) is 0 Å². The van der Waals surface area contributed by atoms with E-state index in [1.54, 1.807) is 6.20 Å². The van der Waals surface area contributed by atoms with Crippen LogP contribution in [0.25, 0.3) is 0 Å². The number of aryl methyl sites for hydroxylation is 1. The third-order valence-corrected chi connectivity index (χ3v) is 3.74. The molecule has 0 bridgehead atoms. The fourth-order valence-electron chi connectivity index (χ4n) is 2.72. The minimum absolute atomic E-state index is 0.234. The van der Waals surface area contributed by atoms with Gasteiger partial charge in [0, 0.05) is 18.7 Å². The van der Waals surface area contributed by atoms with Gasteiger partial charge in [0.1, 0.15) is 5.69 Å². The Labute approximate surface area is 103 Å². The SMILES string of the molecule is CCn1nccc1C(=O)C1CCCCCCC1. The maximum Gasteiger partial charge on any atom is 0.183 e. The summed E-state index contributed by atoms with van der Waals surface area (Å²) < 4.78 is 1.82. The van der Waals surface area contributed by atoms with E-state index in [0.717, 1.165) is 25.1 Å². The van der Waals surface area contributed by atoms with Crippen molar-refractivity contribution in [3.8, 4) is 0 Å². The molecule has 0 radical (unpaired) electrons. The first-order valence-corrected chi connectivity index (χ1v) is 6.89. The molecule has 0 amide bonds. The van der Waals surface area contributed by atoms with Crippen molar-refractivity contribution in [2.45, 2.75) is 58.4 Å². The van der Waals surface area contributed by atoms with Gasteiger partial charge in [-0.05, 0) is 25.8 Å². The molecule has 1 aliphatic carbocycles. The van der Waals surface area contributed by atoms with Crippen molar-refractivity contribution < 1.29 is 4.79 Å². The maximum atomic E-state index is 12.4. The maximum absolute atomic E-state index is 12.4. The number of aromatic nitrogens is 2. The van der Waals surface area contributed by atoms with Crippen molar-refractivity contribution in [1.29, 1.82) is 0 Å². The van der Waals surface area contributed by atoms with Crippen LogP contribution in [0, 0.1) is 5.92 Å². The number of Topliss-reactive ketones (excluding diaryl/α,β-unsaturated/α-hetero) is 1. The van der Waals surface area contributed by atoms with E-state index in [9.17, 15) is 4.79 Å². The summed E-state index contributed by atoms with van der Waals surface area (Å²) in [7, 11) is 0. The van der Waals surface area contributed by atoms with E-state index in [1.807, 2.05) is 17.7 Å². The van der Waals surface area contributed by atoms with Gasteiger partial charge in [-0.15, -0.1) is 0 Å². The Kier molecular flexibility index (Phi) is 4.35. The van der Waals surface area contributed by atoms with Gasteiger partial charge in [0.05, 0.1) is 0 Å². The lowest BCUT2D eigenvalue weighted by molar-refractivity contribution is 0.0887. The molecular formula is C14H22N2O. The van der Waals surface area contributed by atoms with Crippen LogP contribution in [-0.4, -0.2) is 15.6 Å². The van der Waals surface area contributed by atoms with Crippen LogP contribution in [-0.2, 0) is 6.54 Å². The largest absolute Gasteiger partial charge is 0.292 e. The molecule has 2 rings (SSSR count). The van der Waals surface area contributed by atoms with Gasteiger partial charge in [-0.2, -0.15) is 5.10 Å².